The molecule has 23 heavy (non-hydrogen) atoms. The van der Waals surface area contributed by atoms with Gasteiger partial charge >= 0.3 is 0 Å². The number of benzene rings is 2. The Morgan fingerprint density at radius 3 is 2.61 bits per heavy atom. The zero-order chi connectivity index (χ0) is 16.2. The van der Waals surface area contributed by atoms with Gasteiger partial charge in [-0.05, 0) is 60.7 Å². The summed E-state index contributed by atoms with van der Waals surface area (Å²) in [6.07, 6.45) is 4.54. The van der Waals surface area contributed by atoms with Crippen LogP contribution in [-0.2, 0) is 12.8 Å². The smallest absolute Gasteiger partial charge is 0.255 e. The third kappa shape index (κ3) is 3.50. The van der Waals surface area contributed by atoms with Crippen LogP contribution >= 0.6 is 0 Å². The summed E-state index contributed by atoms with van der Waals surface area (Å²) in [6, 6.07) is 13.3. The molecule has 3 heteroatoms. The molecule has 118 valence electrons. The van der Waals surface area contributed by atoms with Gasteiger partial charge in [-0.2, -0.15) is 0 Å². The third-order valence-corrected chi connectivity index (χ3v) is 4.27. The van der Waals surface area contributed by atoms with E-state index in [4.69, 9.17) is 0 Å². The van der Waals surface area contributed by atoms with Crippen molar-refractivity contribution in [3.05, 3.63) is 64.7 Å². The summed E-state index contributed by atoms with van der Waals surface area (Å²) in [6.45, 7) is 2.14. The van der Waals surface area contributed by atoms with Gasteiger partial charge < -0.3 is 5.32 Å². The van der Waals surface area contributed by atoms with Gasteiger partial charge in [-0.25, -0.2) is 0 Å². The maximum absolute atomic E-state index is 12.3. The second kappa shape index (κ2) is 6.78. The van der Waals surface area contributed by atoms with Crippen LogP contribution < -0.4 is 5.32 Å². The van der Waals surface area contributed by atoms with E-state index < -0.39 is 0 Å². The van der Waals surface area contributed by atoms with Crippen molar-refractivity contribution >= 4 is 17.4 Å². The van der Waals surface area contributed by atoms with Gasteiger partial charge in [-0.15, -0.1) is 0 Å². The normalized spacial score (nSPS) is 13.5. The molecule has 3 rings (SSSR count). The van der Waals surface area contributed by atoms with Crippen LogP contribution in [0.3, 0.4) is 0 Å². The topological polar surface area (TPSA) is 46.2 Å². The van der Waals surface area contributed by atoms with Crippen molar-refractivity contribution in [2.75, 3.05) is 5.32 Å². The van der Waals surface area contributed by atoms with Gasteiger partial charge in [0.05, 0.1) is 0 Å². The highest BCUT2D eigenvalue weighted by Gasteiger charge is 2.17. The molecule has 1 amide bonds. The van der Waals surface area contributed by atoms with E-state index in [1.54, 1.807) is 0 Å². The SMILES string of the molecule is CCCc1ccc(C(=O)Nc2ccc3c(c2)CCCC3=O)cc1. The van der Waals surface area contributed by atoms with Crippen LogP contribution in [0.1, 0.15) is 58.0 Å². The van der Waals surface area contributed by atoms with Crippen LogP contribution in [0.2, 0.25) is 0 Å². The van der Waals surface area contributed by atoms with E-state index in [-0.39, 0.29) is 11.7 Å². The fourth-order valence-electron chi connectivity index (χ4n) is 3.04. The molecule has 0 aromatic heterocycles. The number of amides is 1. The van der Waals surface area contributed by atoms with E-state index >= 15 is 0 Å². The molecule has 1 N–H and O–H groups in total. The summed E-state index contributed by atoms with van der Waals surface area (Å²) < 4.78 is 0. The van der Waals surface area contributed by atoms with Gasteiger partial charge in [-0.1, -0.05) is 25.5 Å². The summed E-state index contributed by atoms with van der Waals surface area (Å²) >= 11 is 0. The van der Waals surface area contributed by atoms with Gasteiger partial charge in [-0.3, -0.25) is 9.59 Å². The molecule has 2 aromatic rings. The van der Waals surface area contributed by atoms with Crippen molar-refractivity contribution in [1.29, 1.82) is 0 Å². The Morgan fingerprint density at radius 2 is 1.87 bits per heavy atom. The van der Waals surface area contributed by atoms with Crippen LogP contribution in [-0.4, -0.2) is 11.7 Å². The van der Waals surface area contributed by atoms with E-state index in [9.17, 15) is 9.59 Å². The van der Waals surface area contributed by atoms with Gasteiger partial charge in [0.15, 0.2) is 5.78 Å². The van der Waals surface area contributed by atoms with Crippen LogP contribution in [0.15, 0.2) is 42.5 Å². The lowest BCUT2D eigenvalue weighted by Gasteiger charge is -2.16. The number of anilines is 1. The first-order valence-corrected chi connectivity index (χ1v) is 8.24. The number of carbonyl (C=O) groups is 2. The highest BCUT2D eigenvalue weighted by atomic mass is 16.1. The number of aryl methyl sites for hydroxylation is 2. The number of rotatable bonds is 4. The Kier molecular flexibility index (Phi) is 4.56. The van der Waals surface area contributed by atoms with Crippen molar-refractivity contribution in [3.8, 4) is 0 Å². The highest BCUT2D eigenvalue weighted by Crippen LogP contribution is 2.24. The predicted octanol–water partition coefficient (Wildman–Crippen LogP) is 4.41. The third-order valence-electron chi connectivity index (χ3n) is 4.27. The Balaban J connectivity index is 1.73. The maximum atomic E-state index is 12.3. The molecule has 0 heterocycles. The van der Waals surface area contributed by atoms with Gasteiger partial charge in [0.1, 0.15) is 0 Å². The molecule has 2 aromatic carbocycles. The quantitative estimate of drug-likeness (QED) is 0.909. The van der Waals surface area contributed by atoms with Crippen molar-refractivity contribution in [2.24, 2.45) is 0 Å². The van der Waals surface area contributed by atoms with Crippen LogP contribution in [0, 0.1) is 0 Å². The molecule has 0 fully saturated rings. The zero-order valence-electron chi connectivity index (χ0n) is 13.4. The molecule has 0 saturated heterocycles. The Morgan fingerprint density at radius 1 is 1.09 bits per heavy atom. The van der Waals surface area contributed by atoms with Crippen LogP contribution in [0.5, 0.6) is 0 Å². The molecular formula is C20H21NO2. The molecule has 1 aliphatic rings. The number of Topliss-reactive ketones (excluding diaryl/α,β-unsaturated/α-hetero) is 1. The predicted molar refractivity (Wildman–Crippen MR) is 92.1 cm³/mol. The standard InChI is InChI=1S/C20H21NO2/c1-2-4-14-7-9-15(10-8-14)20(23)21-17-11-12-18-16(13-17)5-3-6-19(18)22/h7-13H,2-6H2,1H3,(H,21,23). The Bertz CT molecular complexity index is 732. The van der Waals surface area contributed by atoms with Crippen LogP contribution in [0.25, 0.3) is 0 Å². The fraction of sp³-hybridized carbons (Fsp3) is 0.300. The van der Waals surface area contributed by atoms with E-state index in [0.29, 0.717) is 12.0 Å². The maximum Gasteiger partial charge on any atom is 0.255 e. The molecule has 3 nitrogen and oxygen atoms in total. The first-order valence-electron chi connectivity index (χ1n) is 8.24. The minimum absolute atomic E-state index is 0.116. The van der Waals surface area contributed by atoms with Crippen molar-refractivity contribution < 1.29 is 9.59 Å². The molecule has 0 unspecified atom stereocenters. The fourth-order valence-corrected chi connectivity index (χ4v) is 3.04. The summed E-state index contributed by atoms with van der Waals surface area (Å²) in [5.74, 6) is 0.0887. The molecule has 0 atom stereocenters. The molecule has 0 bridgehead atoms. The van der Waals surface area contributed by atoms with Crippen molar-refractivity contribution in [1.82, 2.24) is 0 Å². The average molecular weight is 307 g/mol. The Hall–Kier alpha value is -2.42. The van der Waals surface area contributed by atoms with Gasteiger partial charge in [0.2, 0.25) is 0 Å². The summed E-state index contributed by atoms with van der Waals surface area (Å²) in [4.78, 5) is 24.2. The molecular weight excluding hydrogens is 286 g/mol. The van der Waals surface area contributed by atoms with Crippen molar-refractivity contribution in [2.45, 2.75) is 39.0 Å². The van der Waals surface area contributed by atoms with E-state index in [1.165, 1.54) is 5.56 Å². The number of carbonyl (C=O) groups excluding carboxylic acids is 2. The average Bonchev–Trinajstić information content (AvgIpc) is 2.56. The molecule has 0 aliphatic heterocycles. The number of fused-ring (bicyclic) bond motifs is 1. The molecule has 0 saturated carbocycles. The van der Waals surface area contributed by atoms with Gasteiger partial charge in [0.25, 0.3) is 5.91 Å². The minimum Gasteiger partial charge on any atom is -0.322 e. The van der Waals surface area contributed by atoms with E-state index in [0.717, 1.165) is 42.5 Å². The Labute approximate surface area is 136 Å². The van der Waals surface area contributed by atoms with Crippen LogP contribution in [0.4, 0.5) is 5.69 Å². The second-order valence-electron chi connectivity index (χ2n) is 6.05. The molecule has 0 spiro atoms. The number of nitrogens with one attached hydrogen (secondary N) is 1. The lowest BCUT2D eigenvalue weighted by Crippen LogP contribution is -2.14. The second-order valence-corrected chi connectivity index (χ2v) is 6.05. The number of ketones is 1. The number of hydrogen-bond acceptors (Lipinski definition) is 2. The van der Waals surface area contributed by atoms with E-state index in [2.05, 4.69) is 12.2 Å². The van der Waals surface area contributed by atoms with E-state index in [1.807, 2.05) is 42.5 Å². The zero-order valence-corrected chi connectivity index (χ0v) is 13.4. The lowest BCUT2D eigenvalue weighted by molar-refractivity contribution is 0.0971. The number of hydrogen-bond donors (Lipinski definition) is 1. The first-order chi connectivity index (χ1) is 11.2. The summed E-state index contributed by atoms with van der Waals surface area (Å²) in [5, 5.41) is 2.92. The molecule has 1 aliphatic carbocycles. The minimum atomic E-state index is -0.116. The summed E-state index contributed by atoms with van der Waals surface area (Å²) in [5.41, 5.74) is 4.49. The summed E-state index contributed by atoms with van der Waals surface area (Å²) in [7, 11) is 0. The lowest BCUT2D eigenvalue weighted by atomic mass is 9.90. The van der Waals surface area contributed by atoms with Gasteiger partial charge in [0, 0.05) is 23.2 Å². The largest absolute Gasteiger partial charge is 0.322 e. The first kappa shape index (κ1) is 15.5. The monoisotopic (exact) mass is 307 g/mol. The molecule has 0 radical (unpaired) electrons. The van der Waals surface area contributed by atoms with Crippen molar-refractivity contribution in [3.63, 3.8) is 0 Å². The highest BCUT2D eigenvalue weighted by molar-refractivity contribution is 6.05.